The zero-order valence-electron chi connectivity index (χ0n) is 11.4. The Morgan fingerprint density at radius 3 is 2.52 bits per heavy atom. The van der Waals surface area contributed by atoms with Gasteiger partial charge in [-0.25, -0.2) is 4.79 Å². The van der Waals surface area contributed by atoms with Gasteiger partial charge in [0.25, 0.3) is 0 Å². The molecule has 112 valence electrons. The van der Waals surface area contributed by atoms with E-state index in [-0.39, 0.29) is 0 Å². The number of amides is 1. The van der Waals surface area contributed by atoms with Crippen molar-refractivity contribution in [2.75, 3.05) is 0 Å². The van der Waals surface area contributed by atoms with Gasteiger partial charge in [0.1, 0.15) is 18.2 Å². The van der Waals surface area contributed by atoms with Crippen molar-refractivity contribution in [3.8, 4) is 11.8 Å². The molecule has 6 heteroatoms. The van der Waals surface area contributed by atoms with E-state index >= 15 is 0 Å². The molecule has 1 amide bonds. The summed E-state index contributed by atoms with van der Waals surface area (Å²) in [7, 11) is 0. The summed E-state index contributed by atoms with van der Waals surface area (Å²) in [5.74, 6) is 5.65. The molecule has 1 aliphatic heterocycles. The molecule has 0 unspecified atom stereocenters. The van der Waals surface area contributed by atoms with Gasteiger partial charge in [-0.3, -0.25) is 0 Å². The first-order valence-corrected chi connectivity index (χ1v) is 6.57. The van der Waals surface area contributed by atoms with Crippen LogP contribution < -0.4 is 5.32 Å². The fourth-order valence-corrected chi connectivity index (χ4v) is 1.98. The average molecular weight is 291 g/mol. The van der Waals surface area contributed by atoms with Crippen molar-refractivity contribution < 1.29 is 24.9 Å². The van der Waals surface area contributed by atoms with Crippen molar-refractivity contribution >= 4 is 6.09 Å². The van der Waals surface area contributed by atoms with Crippen LogP contribution in [-0.4, -0.2) is 51.9 Å². The van der Waals surface area contributed by atoms with Gasteiger partial charge >= 0.3 is 6.09 Å². The molecule has 21 heavy (non-hydrogen) atoms. The number of hydrogen-bond acceptors (Lipinski definition) is 5. The van der Waals surface area contributed by atoms with Crippen LogP contribution in [0.1, 0.15) is 12.5 Å². The molecule has 1 aromatic carbocycles. The average Bonchev–Trinajstić information content (AvgIpc) is 2.85. The standard InChI is InChI=1S/C15H17NO5/c1-9(17)12(18)13(19)14-11(16-15(20)21-14)8-7-10-5-3-2-4-6-10/h2-6,9,11-14,17-19H,1H3,(H,16,20)/t9-,11+,12+,13+,14+/m0/s1. The van der Waals surface area contributed by atoms with E-state index in [9.17, 15) is 20.1 Å². The monoisotopic (exact) mass is 291 g/mol. The molecule has 0 radical (unpaired) electrons. The maximum Gasteiger partial charge on any atom is 0.408 e. The van der Waals surface area contributed by atoms with Gasteiger partial charge in [-0.05, 0) is 19.1 Å². The summed E-state index contributed by atoms with van der Waals surface area (Å²) in [6.07, 6.45) is -5.77. The molecule has 1 fully saturated rings. The van der Waals surface area contributed by atoms with Gasteiger partial charge < -0.3 is 25.4 Å². The van der Waals surface area contributed by atoms with Crippen LogP contribution in [0.3, 0.4) is 0 Å². The molecular formula is C15H17NO5. The van der Waals surface area contributed by atoms with E-state index in [4.69, 9.17) is 4.74 Å². The fourth-order valence-electron chi connectivity index (χ4n) is 1.98. The zero-order chi connectivity index (χ0) is 15.4. The summed E-state index contributed by atoms with van der Waals surface area (Å²) in [5.41, 5.74) is 0.753. The fraction of sp³-hybridized carbons (Fsp3) is 0.400. The van der Waals surface area contributed by atoms with Gasteiger partial charge in [-0.2, -0.15) is 0 Å². The van der Waals surface area contributed by atoms with Crippen molar-refractivity contribution in [2.24, 2.45) is 0 Å². The van der Waals surface area contributed by atoms with Crippen LogP contribution >= 0.6 is 0 Å². The van der Waals surface area contributed by atoms with E-state index < -0.39 is 36.6 Å². The Kier molecular flexibility index (Phi) is 4.81. The van der Waals surface area contributed by atoms with Crippen LogP contribution in [0.4, 0.5) is 4.79 Å². The molecule has 1 saturated heterocycles. The SMILES string of the molecule is C[C@H](O)[C@@H](O)[C@@H](O)[C@@H]1OC(=O)N[C@@H]1C#Cc1ccccc1. The third-order valence-corrected chi connectivity index (χ3v) is 3.17. The van der Waals surface area contributed by atoms with Crippen molar-refractivity contribution in [1.29, 1.82) is 0 Å². The van der Waals surface area contributed by atoms with Crippen LogP contribution in [0.25, 0.3) is 0 Å². The van der Waals surface area contributed by atoms with Crippen molar-refractivity contribution in [1.82, 2.24) is 5.32 Å². The van der Waals surface area contributed by atoms with E-state index in [1.54, 1.807) is 12.1 Å². The number of rotatable bonds is 3. The lowest BCUT2D eigenvalue weighted by molar-refractivity contribution is -0.0943. The number of aliphatic hydroxyl groups excluding tert-OH is 3. The summed E-state index contributed by atoms with van der Waals surface area (Å²) in [6, 6.07) is 8.37. The molecule has 1 aromatic rings. The molecule has 0 aromatic heterocycles. The van der Waals surface area contributed by atoms with Gasteiger partial charge in [0.2, 0.25) is 0 Å². The second kappa shape index (κ2) is 6.59. The van der Waals surface area contributed by atoms with E-state index in [0.29, 0.717) is 0 Å². The van der Waals surface area contributed by atoms with Crippen molar-refractivity contribution in [3.63, 3.8) is 0 Å². The highest BCUT2D eigenvalue weighted by Gasteiger charge is 2.42. The third-order valence-electron chi connectivity index (χ3n) is 3.17. The first kappa shape index (κ1) is 15.3. The summed E-state index contributed by atoms with van der Waals surface area (Å²) in [4.78, 5) is 11.3. The highest BCUT2D eigenvalue weighted by atomic mass is 16.6. The Balaban J connectivity index is 2.14. The van der Waals surface area contributed by atoms with E-state index in [1.165, 1.54) is 6.92 Å². The second-order valence-corrected chi connectivity index (χ2v) is 4.85. The smallest absolute Gasteiger partial charge is 0.408 e. The number of carbonyl (C=O) groups excluding carboxylic acids is 1. The zero-order valence-corrected chi connectivity index (χ0v) is 11.4. The first-order valence-electron chi connectivity index (χ1n) is 6.57. The normalized spacial score (nSPS) is 25.0. The topological polar surface area (TPSA) is 99.0 Å². The Bertz CT molecular complexity index is 548. The maximum atomic E-state index is 11.3. The van der Waals surface area contributed by atoms with Gasteiger partial charge in [0.05, 0.1) is 6.10 Å². The Hall–Kier alpha value is -2.07. The number of benzene rings is 1. The maximum absolute atomic E-state index is 11.3. The summed E-state index contributed by atoms with van der Waals surface area (Å²) < 4.78 is 4.92. The Morgan fingerprint density at radius 2 is 1.90 bits per heavy atom. The Labute approximate surface area is 122 Å². The number of nitrogens with one attached hydrogen (secondary N) is 1. The van der Waals surface area contributed by atoms with E-state index in [2.05, 4.69) is 17.2 Å². The number of alkyl carbamates (subject to hydrolysis) is 1. The van der Waals surface area contributed by atoms with Gasteiger partial charge in [0.15, 0.2) is 6.10 Å². The molecule has 5 atom stereocenters. The van der Waals surface area contributed by atoms with E-state index in [1.807, 2.05) is 18.2 Å². The van der Waals surface area contributed by atoms with Crippen LogP contribution in [0.5, 0.6) is 0 Å². The predicted molar refractivity (Wildman–Crippen MR) is 74.2 cm³/mol. The van der Waals surface area contributed by atoms with Crippen LogP contribution in [-0.2, 0) is 4.74 Å². The van der Waals surface area contributed by atoms with Gasteiger partial charge in [-0.1, -0.05) is 30.0 Å². The highest BCUT2D eigenvalue weighted by Crippen LogP contribution is 2.17. The largest absolute Gasteiger partial charge is 0.440 e. The molecule has 1 aliphatic rings. The molecule has 0 bridgehead atoms. The molecule has 6 nitrogen and oxygen atoms in total. The van der Waals surface area contributed by atoms with Gasteiger partial charge in [-0.15, -0.1) is 0 Å². The molecule has 2 rings (SSSR count). The first-order chi connectivity index (χ1) is 9.99. The highest BCUT2D eigenvalue weighted by molar-refractivity contribution is 5.71. The quantitative estimate of drug-likeness (QED) is 0.569. The number of hydrogen-bond donors (Lipinski definition) is 4. The number of ether oxygens (including phenoxy) is 1. The lowest BCUT2D eigenvalue weighted by Gasteiger charge is -2.25. The Morgan fingerprint density at radius 1 is 1.24 bits per heavy atom. The molecule has 0 saturated carbocycles. The molecule has 0 aliphatic carbocycles. The van der Waals surface area contributed by atoms with Crippen LogP contribution in [0.2, 0.25) is 0 Å². The molecule has 0 spiro atoms. The number of aliphatic hydroxyl groups is 3. The second-order valence-electron chi connectivity index (χ2n) is 4.85. The van der Waals surface area contributed by atoms with Crippen molar-refractivity contribution in [3.05, 3.63) is 35.9 Å². The minimum absolute atomic E-state index is 0.718. The third kappa shape index (κ3) is 3.73. The summed E-state index contributed by atoms with van der Waals surface area (Å²) in [6.45, 7) is 1.34. The van der Waals surface area contributed by atoms with Crippen LogP contribution in [0, 0.1) is 11.8 Å². The van der Waals surface area contributed by atoms with Crippen LogP contribution in [0.15, 0.2) is 30.3 Å². The lowest BCUT2D eigenvalue weighted by Crippen LogP contribution is -2.48. The molecule has 4 N–H and O–H groups in total. The number of cyclic esters (lactones) is 1. The van der Waals surface area contributed by atoms with Crippen molar-refractivity contribution in [2.45, 2.75) is 37.4 Å². The minimum atomic E-state index is -1.43. The molecular weight excluding hydrogens is 274 g/mol. The summed E-state index contributed by atoms with van der Waals surface area (Å²) >= 11 is 0. The minimum Gasteiger partial charge on any atom is -0.440 e. The van der Waals surface area contributed by atoms with E-state index in [0.717, 1.165) is 5.56 Å². The summed E-state index contributed by atoms with van der Waals surface area (Å²) in [5, 5.41) is 31.4. The number of carbonyl (C=O) groups is 1. The molecule has 1 heterocycles. The lowest BCUT2D eigenvalue weighted by atomic mass is 9.99. The predicted octanol–water partition coefficient (Wildman–Crippen LogP) is -0.382. The van der Waals surface area contributed by atoms with Gasteiger partial charge in [0, 0.05) is 5.56 Å².